The fraction of sp³-hybridized carbons (Fsp3) is 0.0714. The summed E-state index contributed by atoms with van der Waals surface area (Å²) < 4.78 is 0. The molecule has 1 aromatic carbocycles. The number of aromatic nitrogens is 3. The van der Waals surface area contributed by atoms with Crippen LogP contribution in [-0.4, -0.2) is 15.0 Å². The molecule has 0 amide bonds. The normalized spacial score (nSPS) is 10.6. The molecule has 2 aromatic heterocycles. The molecule has 0 atom stereocenters. The minimum Gasteiger partial charge on any atom is -0.264 e. The van der Waals surface area contributed by atoms with Crippen molar-refractivity contribution in [1.29, 1.82) is 0 Å². The van der Waals surface area contributed by atoms with Crippen molar-refractivity contribution in [3.63, 3.8) is 0 Å². The van der Waals surface area contributed by atoms with Crippen molar-refractivity contribution in [2.24, 2.45) is 0 Å². The highest BCUT2D eigenvalue weighted by molar-refractivity contribution is 5.82. The average Bonchev–Trinajstić information content (AvgIpc) is 2.40. The SMILES string of the molecule is c1cnc(Cc2ccc3cnccc3c2)cn1. The first-order chi connectivity index (χ1) is 8.42. The Hall–Kier alpha value is -2.29. The molecule has 0 N–H and O–H groups in total. The molecule has 0 unspecified atom stereocenters. The van der Waals surface area contributed by atoms with Crippen molar-refractivity contribution in [3.8, 4) is 0 Å². The van der Waals surface area contributed by atoms with Crippen LogP contribution in [0, 0.1) is 0 Å². The van der Waals surface area contributed by atoms with Gasteiger partial charge in [-0.15, -0.1) is 0 Å². The van der Waals surface area contributed by atoms with Gasteiger partial charge in [-0.1, -0.05) is 18.2 Å². The molecule has 3 nitrogen and oxygen atoms in total. The fourth-order valence-corrected chi connectivity index (χ4v) is 1.87. The first kappa shape index (κ1) is 9.90. The second kappa shape index (κ2) is 4.29. The van der Waals surface area contributed by atoms with Gasteiger partial charge in [-0.2, -0.15) is 0 Å². The van der Waals surface area contributed by atoms with Gasteiger partial charge in [0.25, 0.3) is 0 Å². The Morgan fingerprint density at radius 3 is 2.65 bits per heavy atom. The summed E-state index contributed by atoms with van der Waals surface area (Å²) in [5.41, 5.74) is 2.23. The molecule has 0 fully saturated rings. The molecule has 3 aromatic rings. The molecular formula is C14H11N3. The predicted octanol–water partition coefficient (Wildman–Crippen LogP) is 2.62. The summed E-state index contributed by atoms with van der Waals surface area (Å²) in [6.07, 6.45) is 9.72. The van der Waals surface area contributed by atoms with Crippen LogP contribution in [0.25, 0.3) is 10.8 Å². The van der Waals surface area contributed by atoms with E-state index >= 15 is 0 Å². The van der Waals surface area contributed by atoms with Gasteiger partial charge in [0.2, 0.25) is 0 Å². The smallest absolute Gasteiger partial charge is 0.0630 e. The number of benzene rings is 1. The summed E-state index contributed by atoms with van der Waals surface area (Å²) in [7, 11) is 0. The molecule has 0 bridgehead atoms. The Labute approximate surface area is 99.2 Å². The van der Waals surface area contributed by atoms with E-state index in [-0.39, 0.29) is 0 Å². The van der Waals surface area contributed by atoms with Crippen LogP contribution in [0.4, 0.5) is 0 Å². The second-order valence-corrected chi connectivity index (χ2v) is 3.93. The summed E-state index contributed by atoms with van der Waals surface area (Å²) in [4.78, 5) is 12.5. The maximum Gasteiger partial charge on any atom is 0.0630 e. The molecule has 3 rings (SSSR count). The zero-order valence-corrected chi connectivity index (χ0v) is 9.24. The second-order valence-electron chi connectivity index (χ2n) is 3.93. The largest absolute Gasteiger partial charge is 0.264 e. The van der Waals surface area contributed by atoms with Crippen LogP contribution in [0.3, 0.4) is 0 Å². The third-order valence-corrected chi connectivity index (χ3v) is 2.71. The summed E-state index contributed by atoms with van der Waals surface area (Å²) in [5, 5.41) is 2.37. The predicted molar refractivity (Wildman–Crippen MR) is 66.6 cm³/mol. The number of hydrogen-bond donors (Lipinski definition) is 0. The van der Waals surface area contributed by atoms with Gasteiger partial charge in [-0.3, -0.25) is 15.0 Å². The number of pyridine rings is 1. The van der Waals surface area contributed by atoms with Crippen LogP contribution in [0.2, 0.25) is 0 Å². The van der Waals surface area contributed by atoms with E-state index in [0.717, 1.165) is 17.5 Å². The lowest BCUT2D eigenvalue weighted by molar-refractivity contribution is 1.03. The fourth-order valence-electron chi connectivity index (χ4n) is 1.87. The van der Waals surface area contributed by atoms with Crippen LogP contribution in [0.15, 0.2) is 55.2 Å². The standard InChI is InChI=1S/C14H11N3/c1-2-13-9-15-4-3-12(13)7-11(1)8-14-10-16-5-6-17-14/h1-7,9-10H,8H2. The maximum absolute atomic E-state index is 4.28. The van der Waals surface area contributed by atoms with E-state index in [1.165, 1.54) is 10.9 Å². The molecular weight excluding hydrogens is 210 g/mol. The topological polar surface area (TPSA) is 38.7 Å². The number of nitrogens with zero attached hydrogens (tertiary/aromatic N) is 3. The maximum atomic E-state index is 4.28. The first-order valence-electron chi connectivity index (χ1n) is 5.49. The van der Waals surface area contributed by atoms with Crippen LogP contribution in [0.5, 0.6) is 0 Å². The summed E-state index contributed by atoms with van der Waals surface area (Å²) >= 11 is 0. The van der Waals surface area contributed by atoms with Crippen LogP contribution >= 0.6 is 0 Å². The van der Waals surface area contributed by atoms with Gasteiger partial charge < -0.3 is 0 Å². The van der Waals surface area contributed by atoms with Crippen LogP contribution in [0.1, 0.15) is 11.3 Å². The molecule has 0 radical (unpaired) electrons. The quantitative estimate of drug-likeness (QED) is 0.667. The third-order valence-electron chi connectivity index (χ3n) is 2.71. The molecule has 0 aliphatic carbocycles. The Balaban J connectivity index is 1.96. The molecule has 2 heterocycles. The summed E-state index contributed by atoms with van der Waals surface area (Å²) in [5.74, 6) is 0. The lowest BCUT2D eigenvalue weighted by atomic mass is 10.1. The lowest BCUT2D eigenvalue weighted by Crippen LogP contribution is -1.92. The van der Waals surface area contributed by atoms with E-state index in [0.29, 0.717) is 0 Å². The van der Waals surface area contributed by atoms with Crippen molar-refractivity contribution in [2.45, 2.75) is 6.42 Å². The van der Waals surface area contributed by atoms with Gasteiger partial charge in [0.1, 0.15) is 0 Å². The molecule has 0 spiro atoms. The Bertz CT molecular complexity index is 635. The highest BCUT2D eigenvalue weighted by Gasteiger charge is 1.99. The van der Waals surface area contributed by atoms with E-state index in [2.05, 4.69) is 33.2 Å². The van der Waals surface area contributed by atoms with Crippen LogP contribution < -0.4 is 0 Å². The zero-order chi connectivity index (χ0) is 11.5. The van der Waals surface area contributed by atoms with Gasteiger partial charge in [0.05, 0.1) is 5.69 Å². The summed E-state index contributed by atoms with van der Waals surface area (Å²) in [6, 6.07) is 8.40. The Morgan fingerprint density at radius 2 is 1.76 bits per heavy atom. The molecule has 0 saturated carbocycles. The average molecular weight is 221 g/mol. The molecule has 3 heteroatoms. The summed E-state index contributed by atoms with van der Waals surface area (Å²) in [6.45, 7) is 0. The number of hydrogen-bond acceptors (Lipinski definition) is 3. The van der Waals surface area contributed by atoms with E-state index in [4.69, 9.17) is 0 Å². The Morgan fingerprint density at radius 1 is 0.824 bits per heavy atom. The molecule has 0 aliphatic heterocycles. The van der Waals surface area contributed by atoms with Gasteiger partial charge in [-0.05, 0) is 17.0 Å². The third kappa shape index (κ3) is 2.13. The van der Waals surface area contributed by atoms with E-state index in [9.17, 15) is 0 Å². The van der Waals surface area contributed by atoms with Crippen molar-refractivity contribution in [1.82, 2.24) is 15.0 Å². The molecule has 17 heavy (non-hydrogen) atoms. The van der Waals surface area contributed by atoms with Gasteiger partial charge in [0, 0.05) is 42.8 Å². The molecule has 0 aliphatic rings. The lowest BCUT2D eigenvalue weighted by Gasteiger charge is -2.02. The van der Waals surface area contributed by atoms with Crippen LogP contribution in [-0.2, 0) is 6.42 Å². The zero-order valence-electron chi connectivity index (χ0n) is 9.24. The van der Waals surface area contributed by atoms with Gasteiger partial charge in [-0.25, -0.2) is 0 Å². The highest BCUT2D eigenvalue weighted by Crippen LogP contribution is 2.16. The number of fused-ring (bicyclic) bond motifs is 1. The van der Waals surface area contributed by atoms with E-state index < -0.39 is 0 Å². The first-order valence-corrected chi connectivity index (χ1v) is 5.49. The monoisotopic (exact) mass is 221 g/mol. The number of rotatable bonds is 2. The van der Waals surface area contributed by atoms with Crippen molar-refractivity contribution in [3.05, 3.63) is 66.5 Å². The molecule has 0 saturated heterocycles. The highest BCUT2D eigenvalue weighted by atomic mass is 14.8. The Kier molecular flexibility index (Phi) is 2.50. The van der Waals surface area contributed by atoms with E-state index in [1.54, 1.807) is 18.6 Å². The van der Waals surface area contributed by atoms with Gasteiger partial charge in [0.15, 0.2) is 0 Å². The molecule has 82 valence electrons. The van der Waals surface area contributed by atoms with Crippen molar-refractivity contribution in [2.75, 3.05) is 0 Å². The van der Waals surface area contributed by atoms with Crippen molar-refractivity contribution >= 4 is 10.8 Å². The van der Waals surface area contributed by atoms with Gasteiger partial charge >= 0.3 is 0 Å². The van der Waals surface area contributed by atoms with Crippen molar-refractivity contribution < 1.29 is 0 Å². The minimum absolute atomic E-state index is 0.812. The minimum atomic E-state index is 0.812. The van der Waals surface area contributed by atoms with E-state index in [1.807, 2.05) is 18.5 Å².